The van der Waals surface area contributed by atoms with Crippen molar-refractivity contribution in [2.24, 2.45) is 11.7 Å². The summed E-state index contributed by atoms with van der Waals surface area (Å²) in [6.07, 6.45) is 3.12. The maximum Gasteiger partial charge on any atom is 0.255 e. The lowest BCUT2D eigenvalue weighted by Gasteiger charge is -2.31. The van der Waals surface area contributed by atoms with E-state index in [0.717, 1.165) is 12.8 Å². The lowest BCUT2D eigenvalue weighted by atomic mass is 9.96. The number of amides is 2. The Morgan fingerprint density at radius 1 is 1.35 bits per heavy atom. The Hall–Kier alpha value is -2.63. The Bertz CT molecular complexity index is 725. The highest BCUT2D eigenvalue weighted by atomic mass is 16.3. The number of pyridine rings is 1. The van der Waals surface area contributed by atoms with E-state index in [9.17, 15) is 9.59 Å². The summed E-state index contributed by atoms with van der Waals surface area (Å²) < 4.78 is 5.32. The Morgan fingerprint density at radius 2 is 2.17 bits per heavy atom. The molecule has 3 heterocycles. The molecule has 0 saturated carbocycles. The molecular weight excluding hydrogens is 294 g/mol. The number of nitrogens with two attached hydrogens (primary N) is 1. The van der Waals surface area contributed by atoms with Crippen molar-refractivity contribution in [3.63, 3.8) is 0 Å². The van der Waals surface area contributed by atoms with Crippen molar-refractivity contribution in [1.29, 1.82) is 0 Å². The number of hydrogen-bond acceptors (Lipinski definition) is 4. The van der Waals surface area contributed by atoms with Gasteiger partial charge in [-0.05, 0) is 44.0 Å². The topological polar surface area (TPSA) is 89.4 Å². The van der Waals surface area contributed by atoms with Crippen molar-refractivity contribution in [2.45, 2.75) is 19.8 Å². The number of carbonyl (C=O) groups excluding carboxylic acids is 2. The van der Waals surface area contributed by atoms with Crippen molar-refractivity contribution in [2.75, 3.05) is 13.1 Å². The Balaban J connectivity index is 1.81. The first kappa shape index (κ1) is 15.3. The number of carbonyl (C=O) groups is 2. The maximum absolute atomic E-state index is 12.7. The Morgan fingerprint density at radius 3 is 2.83 bits per heavy atom. The third-order valence-electron chi connectivity index (χ3n) is 4.20. The Kier molecular flexibility index (Phi) is 4.14. The minimum Gasteiger partial charge on any atom is -0.463 e. The van der Waals surface area contributed by atoms with Crippen molar-refractivity contribution in [3.05, 3.63) is 41.8 Å². The van der Waals surface area contributed by atoms with Crippen LogP contribution in [0.15, 0.2) is 34.9 Å². The fourth-order valence-corrected chi connectivity index (χ4v) is 2.91. The highest BCUT2D eigenvalue weighted by Gasteiger charge is 2.28. The number of furan rings is 1. The van der Waals surface area contributed by atoms with E-state index in [1.54, 1.807) is 36.3 Å². The van der Waals surface area contributed by atoms with Gasteiger partial charge >= 0.3 is 0 Å². The molecule has 2 amide bonds. The molecular formula is C17H19N3O3. The third-order valence-corrected chi connectivity index (χ3v) is 4.20. The molecule has 0 bridgehead atoms. The van der Waals surface area contributed by atoms with Crippen LogP contribution in [-0.4, -0.2) is 34.8 Å². The molecule has 0 aromatic carbocycles. The summed E-state index contributed by atoms with van der Waals surface area (Å²) in [5, 5.41) is 0. The average Bonchev–Trinajstić information content (AvgIpc) is 3.08. The van der Waals surface area contributed by atoms with Crippen molar-refractivity contribution in [1.82, 2.24) is 9.88 Å². The van der Waals surface area contributed by atoms with Crippen LogP contribution in [0, 0.1) is 12.8 Å². The number of likely N-dealkylation sites (tertiary alicyclic amines) is 1. The van der Waals surface area contributed by atoms with E-state index in [4.69, 9.17) is 10.2 Å². The molecule has 1 fully saturated rings. The van der Waals surface area contributed by atoms with Crippen molar-refractivity contribution < 1.29 is 14.0 Å². The van der Waals surface area contributed by atoms with Crippen molar-refractivity contribution >= 4 is 11.8 Å². The van der Waals surface area contributed by atoms with E-state index in [-0.39, 0.29) is 17.7 Å². The number of hydrogen-bond donors (Lipinski definition) is 1. The van der Waals surface area contributed by atoms with Crippen LogP contribution in [0.2, 0.25) is 0 Å². The number of piperidine rings is 1. The molecule has 6 heteroatoms. The average molecular weight is 313 g/mol. The number of rotatable bonds is 3. The normalized spacial score (nSPS) is 18.0. The van der Waals surface area contributed by atoms with Crippen LogP contribution < -0.4 is 5.73 Å². The van der Waals surface area contributed by atoms with Gasteiger partial charge in [-0.25, -0.2) is 4.98 Å². The van der Waals surface area contributed by atoms with E-state index >= 15 is 0 Å². The molecule has 0 unspecified atom stereocenters. The molecule has 1 aliphatic rings. The minimum absolute atomic E-state index is 0.105. The first-order valence-electron chi connectivity index (χ1n) is 7.66. The minimum atomic E-state index is -0.342. The predicted molar refractivity (Wildman–Crippen MR) is 84.5 cm³/mol. The van der Waals surface area contributed by atoms with Gasteiger partial charge in [-0.2, -0.15) is 0 Å². The molecule has 23 heavy (non-hydrogen) atoms. The van der Waals surface area contributed by atoms with E-state index < -0.39 is 0 Å². The monoisotopic (exact) mass is 313 g/mol. The van der Waals surface area contributed by atoms with Gasteiger partial charge in [-0.15, -0.1) is 0 Å². The first-order valence-corrected chi connectivity index (χ1v) is 7.66. The largest absolute Gasteiger partial charge is 0.463 e. The molecule has 0 spiro atoms. The smallest absolute Gasteiger partial charge is 0.255 e. The molecule has 6 nitrogen and oxygen atoms in total. The summed E-state index contributed by atoms with van der Waals surface area (Å²) >= 11 is 0. The summed E-state index contributed by atoms with van der Waals surface area (Å²) in [6.45, 7) is 2.82. The third kappa shape index (κ3) is 3.11. The summed E-state index contributed by atoms with van der Waals surface area (Å²) in [7, 11) is 0. The lowest BCUT2D eigenvalue weighted by molar-refractivity contribution is -0.123. The van der Waals surface area contributed by atoms with Gasteiger partial charge < -0.3 is 15.1 Å². The SMILES string of the molecule is Cc1nc(-c2ccco2)ccc1C(=O)N1CCC[C@@H](C(N)=O)C1. The molecule has 1 saturated heterocycles. The molecule has 120 valence electrons. The van der Waals surface area contributed by atoms with E-state index in [0.29, 0.717) is 35.8 Å². The standard InChI is InChI=1S/C17H19N3O3/c1-11-13(6-7-14(19-11)15-5-3-9-23-15)17(22)20-8-2-4-12(10-20)16(18)21/h3,5-7,9,12H,2,4,8,10H2,1H3,(H2,18,21)/t12-/m1/s1. The number of aromatic nitrogens is 1. The predicted octanol–water partition coefficient (Wildman–Crippen LogP) is 1.99. The zero-order valence-corrected chi connectivity index (χ0v) is 13.0. The van der Waals surface area contributed by atoms with Crippen LogP contribution in [0.25, 0.3) is 11.5 Å². The zero-order chi connectivity index (χ0) is 16.4. The second kappa shape index (κ2) is 6.24. The first-order chi connectivity index (χ1) is 11.1. The van der Waals surface area contributed by atoms with Crippen LogP contribution in [0.4, 0.5) is 0 Å². The van der Waals surface area contributed by atoms with Crippen LogP contribution in [0.3, 0.4) is 0 Å². The van der Waals surface area contributed by atoms with Gasteiger partial charge in [0.1, 0.15) is 5.69 Å². The van der Waals surface area contributed by atoms with Crippen LogP contribution >= 0.6 is 0 Å². The molecule has 2 aromatic heterocycles. The van der Waals surface area contributed by atoms with Gasteiger partial charge in [0.2, 0.25) is 5.91 Å². The number of nitrogens with zero attached hydrogens (tertiary/aromatic N) is 2. The molecule has 0 aliphatic carbocycles. The van der Waals surface area contributed by atoms with Gasteiger partial charge in [0.15, 0.2) is 5.76 Å². The molecule has 1 atom stereocenters. The second-order valence-corrected chi connectivity index (χ2v) is 5.80. The second-order valence-electron chi connectivity index (χ2n) is 5.80. The Labute approximate surface area is 134 Å². The van der Waals surface area contributed by atoms with Crippen LogP contribution in [-0.2, 0) is 4.79 Å². The molecule has 0 radical (unpaired) electrons. The molecule has 2 N–H and O–H groups in total. The zero-order valence-electron chi connectivity index (χ0n) is 13.0. The fourth-order valence-electron chi connectivity index (χ4n) is 2.91. The van der Waals surface area contributed by atoms with E-state index in [1.807, 2.05) is 6.07 Å². The van der Waals surface area contributed by atoms with Gasteiger partial charge in [0.05, 0.1) is 23.4 Å². The maximum atomic E-state index is 12.7. The quantitative estimate of drug-likeness (QED) is 0.938. The van der Waals surface area contributed by atoms with Crippen molar-refractivity contribution in [3.8, 4) is 11.5 Å². The van der Waals surface area contributed by atoms with E-state index in [1.165, 1.54) is 0 Å². The summed E-state index contributed by atoms with van der Waals surface area (Å²) in [5.74, 6) is -0.0420. The molecule has 2 aromatic rings. The fraction of sp³-hybridized carbons (Fsp3) is 0.353. The van der Waals surface area contributed by atoms with Gasteiger partial charge in [0, 0.05) is 13.1 Å². The van der Waals surface area contributed by atoms with Gasteiger partial charge in [-0.1, -0.05) is 0 Å². The lowest BCUT2D eigenvalue weighted by Crippen LogP contribution is -2.44. The number of primary amides is 1. The van der Waals surface area contributed by atoms with Crippen LogP contribution in [0.5, 0.6) is 0 Å². The summed E-state index contributed by atoms with van der Waals surface area (Å²) in [5.41, 5.74) is 7.26. The molecule has 1 aliphatic heterocycles. The van der Waals surface area contributed by atoms with Crippen LogP contribution in [0.1, 0.15) is 28.9 Å². The van der Waals surface area contributed by atoms with Gasteiger partial charge in [-0.3, -0.25) is 9.59 Å². The highest BCUT2D eigenvalue weighted by molar-refractivity contribution is 5.96. The summed E-state index contributed by atoms with van der Waals surface area (Å²) in [4.78, 5) is 30.2. The number of aryl methyl sites for hydroxylation is 1. The van der Waals surface area contributed by atoms with Gasteiger partial charge in [0.25, 0.3) is 5.91 Å². The van der Waals surface area contributed by atoms with E-state index in [2.05, 4.69) is 4.98 Å². The molecule has 3 rings (SSSR count). The highest BCUT2D eigenvalue weighted by Crippen LogP contribution is 2.22. The summed E-state index contributed by atoms with van der Waals surface area (Å²) in [6, 6.07) is 7.15.